The first-order valence-corrected chi connectivity index (χ1v) is 4.85. The molecule has 13 heavy (non-hydrogen) atoms. The highest BCUT2D eigenvalue weighted by Crippen LogP contribution is 2.11. The second-order valence-corrected chi connectivity index (χ2v) is 3.35. The Hall–Kier alpha value is -0.900. The maximum atomic E-state index is 13.0. The highest BCUT2D eigenvalue weighted by Gasteiger charge is 2.09. The van der Waals surface area contributed by atoms with Gasteiger partial charge >= 0.3 is 5.97 Å². The summed E-state index contributed by atoms with van der Waals surface area (Å²) < 4.78 is 13.0. The van der Waals surface area contributed by atoms with E-state index in [0.717, 1.165) is 10.9 Å². The quantitative estimate of drug-likeness (QED) is 0.833. The average Bonchev–Trinajstić information content (AvgIpc) is 2.04. The van der Waals surface area contributed by atoms with Gasteiger partial charge in [-0.25, -0.2) is 9.18 Å². The predicted molar refractivity (Wildman–Crippen MR) is 50.9 cm³/mol. The third-order valence-electron chi connectivity index (χ3n) is 1.65. The molecule has 4 heteroatoms. The lowest BCUT2D eigenvalue weighted by molar-refractivity contribution is 0.0692. The normalized spacial score (nSPS) is 10.0. The minimum atomic E-state index is -1.23. The molecule has 0 aliphatic heterocycles. The molecule has 0 bridgehead atoms. The summed E-state index contributed by atoms with van der Waals surface area (Å²) in [5.41, 5.74) is 0.512. The Kier molecular flexibility index (Phi) is 3.42. The third kappa shape index (κ3) is 2.52. The van der Waals surface area contributed by atoms with Gasteiger partial charge in [0.1, 0.15) is 5.82 Å². The van der Waals surface area contributed by atoms with E-state index in [2.05, 4.69) is 15.9 Å². The zero-order chi connectivity index (χ0) is 9.84. The van der Waals surface area contributed by atoms with E-state index in [4.69, 9.17) is 5.11 Å². The Morgan fingerprint density at radius 3 is 2.69 bits per heavy atom. The number of aromatic carboxylic acids is 1. The van der Waals surface area contributed by atoms with Crippen molar-refractivity contribution in [2.75, 3.05) is 5.33 Å². The van der Waals surface area contributed by atoms with Gasteiger partial charge in [-0.15, -0.1) is 0 Å². The monoisotopic (exact) mass is 246 g/mol. The van der Waals surface area contributed by atoms with Gasteiger partial charge in [0.25, 0.3) is 0 Å². The number of carbonyl (C=O) groups is 1. The number of benzene rings is 1. The molecule has 0 aliphatic rings. The van der Waals surface area contributed by atoms with Gasteiger partial charge in [-0.2, -0.15) is 0 Å². The lowest BCUT2D eigenvalue weighted by atomic mass is 10.1. The number of aryl methyl sites for hydroxylation is 1. The first-order chi connectivity index (χ1) is 6.15. The maximum Gasteiger partial charge on any atom is 0.338 e. The molecule has 0 heterocycles. The number of carboxylic acids is 1. The number of carboxylic acid groups (broad SMARTS) is 1. The molecule has 0 aliphatic carbocycles. The molecule has 0 spiro atoms. The maximum absolute atomic E-state index is 13.0. The van der Waals surface area contributed by atoms with Gasteiger partial charge in [-0.05, 0) is 24.1 Å². The molecule has 0 fully saturated rings. The molecule has 0 aromatic heterocycles. The van der Waals surface area contributed by atoms with Crippen LogP contribution in [0, 0.1) is 5.82 Å². The first-order valence-electron chi connectivity index (χ1n) is 3.73. The number of rotatable bonds is 3. The number of alkyl halides is 1. The van der Waals surface area contributed by atoms with E-state index in [1.54, 1.807) is 6.07 Å². The summed E-state index contributed by atoms with van der Waals surface area (Å²) in [6.07, 6.45) is 0.691. The van der Waals surface area contributed by atoms with Crippen molar-refractivity contribution in [3.63, 3.8) is 0 Å². The lowest BCUT2D eigenvalue weighted by Gasteiger charge is -2.00. The smallest absolute Gasteiger partial charge is 0.338 e. The molecule has 0 saturated heterocycles. The molecule has 1 aromatic carbocycles. The van der Waals surface area contributed by atoms with Crippen molar-refractivity contribution in [1.82, 2.24) is 0 Å². The van der Waals surface area contributed by atoms with Crippen LogP contribution in [0.25, 0.3) is 0 Å². The van der Waals surface area contributed by atoms with Gasteiger partial charge in [0, 0.05) is 5.33 Å². The molecule has 2 nitrogen and oxygen atoms in total. The lowest BCUT2D eigenvalue weighted by Crippen LogP contribution is -2.01. The largest absolute Gasteiger partial charge is 0.478 e. The Morgan fingerprint density at radius 2 is 2.23 bits per heavy atom. The van der Waals surface area contributed by atoms with Gasteiger partial charge in [0.2, 0.25) is 0 Å². The molecule has 0 radical (unpaired) electrons. The highest BCUT2D eigenvalue weighted by molar-refractivity contribution is 9.09. The molecule has 70 valence electrons. The van der Waals surface area contributed by atoms with Crippen LogP contribution in [-0.4, -0.2) is 16.4 Å². The van der Waals surface area contributed by atoms with Crippen molar-refractivity contribution in [2.45, 2.75) is 6.42 Å². The Balaban J connectivity index is 2.98. The first kappa shape index (κ1) is 10.2. The van der Waals surface area contributed by atoms with Crippen LogP contribution in [0.5, 0.6) is 0 Å². The van der Waals surface area contributed by atoms with Crippen molar-refractivity contribution in [1.29, 1.82) is 0 Å². The van der Waals surface area contributed by atoms with E-state index in [1.165, 1.54) is 12.1 Å². The molecule has 1 aromatic rings. The van der Waals surface area contributed by atoms with Crippen molar-refractivity contribution < 1.29 is 14.3 Å². The summed E-state index contributed by atoms with van der Waals surface area (Å²) in [5, 5.41) is 9.27. The van der Waals surface area contributed by atoms with Crippen LogP contribution in [0.1, 0.15) is 15.9 Å². The van der Waals surface area contributed by atoms with Crippen molar-refractivity contribution in [3.8, 4) is 0 Å². The second-order valence-electron chi connectivity index (χ2n) is 2.56. The zero-order valence-electron chi connectivity index (χ0n) is 6.76. The van der Waals surface area contributed by atoms with E-state index in [0.29, 0.717) is 6.42 Å². The minimum Gasteiger partial charge on any atom is -0.478 e. The van der Waals surface area contributed by atoms with E-state index < -0.39 is 11.8 Å². The van der Waals surface area contributed by atoms with E-state index in [-0.39, 0.29) is 5.56 Å². The number of halogens is 2. The second kappa shape index (κ2) is 4.37. The Bertz CT molecular complexity index is 325. The van der Waals surface area contributed by atoms with Gasteiger partial charge < -0.3 is 5.11 Å². The molecular formula is C9H8BrFO2. The summed E-state index contributed by atoms with van der Waals surface area (Å²) >= 11 is 3.22. The third-order valence-corrected chi connectivity index (χ3v) is 2.04. The van der Waals surface area contributed by atoms with Crippen LogP contribution in [0.4, 0.5) is 4.39 Å². The molecule has 0 saturated carbocycles. The Labute approximate surface area is 83.5 Å². The van der Waals surface area contributed by atoms with Crippen LogP contribution in [0.2, 0.25) is 0 Å². The predicted octanol–water partition coefficient (Wildman–Crippen LogP) is 2.46. The summed E-state index contributed by atoms with van der Waals surface area (Å²) in [7, 11) is 0. The van der Waals surface area contributed by atoms with Crippen LogP contribution in [0.3, 0.4) is 0 Å². The zero-order valence-corrected chi connectivity index (χ0v) is 8.34. The Morgan fingerprint density at radius 1 is 1.54 bits per heavy atom. The van der Waals surface area contributed by atoms with E-state index in [1.807, 2.05) is 0 Å². The number of hydrogen-bond donors (Lipinski definition) is 1. The summed E-state index contributed by atoms with van der Waals surface area (Å²) in [6.45, 7) is 0. The van der Waals surface area contributed by atoms with Crippen LogP contribution >= 0.6 is 15.9 Å². The fourth-order valence-electron chi connectivity index (χ4n) is 0.997. The minimum absolute atomic E-state index is 0.279. The van der Waals surface area contributed by atoms with Crippen molar-refractivity contribution in [3.05, 3.63) is 35.1 Å². The van der Waals surface area contributed by atoms with Gasteiger partial charge in [-0.1, -0.05) is 22.0 Å². The van der Waals surface area contributed by atoms with Gasteiger partial charge in [-0.3, -0.25) is 0 Å². The summed E-state index contributed by atoms with van der Waals surface area (Å²) in [5.74, 6) is -1.91. The molecular weight excluding hydrogens is 239 g/mol. The molecule has 1 rings (SSSR count). The molecule has 0 unspecified atom stereocenters. The molecule has 0 atom stereocenters. The summed E-state index contributed by atoms with van der Waals surface area (Å²) in [4.78, 5) is 10.4. The van der Waals surface area contributed by atoms with Crippen LogP contribution in [-0.2, 0) is 6.42 Å². The standard InChI is InChI=1S/C9H8BrFO2/c10-4-3-6-1-2-7(9(12)13)8(11)5-6/h1-2,5H,3-4H2,(H,12,13). The summed E-state index contributed by atoms with van der Waals surface area (Å²) in [6, 6.07) is 4.16. The fraction of sp³-hybridized carbons (Fsp3) is 0.222. The van der Waals surface area contributed by atoms with Crippen molar-refractivity contribution >= 4 is 21.9 Å². The fourth-order valence-corrected chi connectivity index (χ4v) is 1.45. The van der Waals surface area contributed by atoms with E-state index >= 15 is 0 Å². The van der Waals surface area contributed by atoms with Crippen molar-refractivity contribution in [2.24, 2.45) is 0 Å². The van der Waals surface area contributed by atoms with E-state index in [9.17, 15) is 9.18 Å². The SMILES string of the molecule is O=C(O)c1ccc(CCBr)cc1F. The molecule has 1 N–H and O–H groups in total. The highest BCUT2D eigenvalue weighted by atomic mass is 79.9. The van der Waals surface area contributed by atoms with Crippen LogP contribution in [0.15, 0.2) is 18.2 Å². The van der Waals surface area contributed by atoms with Crippen LogP contribution < -0.4 is 0 Å². The number of hydrogen-bond acceptors (Lipinski definition) is 1. The topological polar surface area (TPSA) is 37.3 Å². The molecule has 0 amide bonds. The van der Waals surface area contributed by atoms with Gasteiger partial charge in [0.05, 0.1) is 5.56 Å². The van der Waals surface area contributed by atoms with Gasteiger partial charge in [0.15, 0.2) is 0 Å². The average molecular weight is 247 g/mol.